The average molecular weight is 408 g/mol. The van der Waals surface area contributed by atoms with Crippen molar-refractivity contribution < 1.29 is 4.79 Å². The molecule has 0 aliphatic heterocycles. The summed E-state index contributed by atoms with van der Waals surface area (Å²) in [4.78, 5) is 19.7. The molecule has 0 unspecified atom stereocenters. The number of nitrogens with zero attached hydrogens (tertiary/aromatic N) is 3. The molecular formula is C24H20N6O. The van der Waals surface area contributed by atoms with E-state index < -0.39 is 5.91 Å². The molecule has 7 heteroatoms. The van der Waals surface area contributed by atoms with Gasteiger partial charge in [-0.2, -0.15) is 0 Å². The number of hydrogen-bond acceptors (Lipinski definition) is 5. The van der Waals surface area contributed by atoms with E-state index in [9.17, 15) is 4.79 Å². The van der Waals surface area contributed by atoms with Crippen molar-refractivity contribution in [2.24, 2.45) is 5.73 Å². The maximum absolute atomic E-state index is 11.5. The van der Waals surface area contributed by atoms with E-state index in [2.05, 4.69) is 27.3 Å². The van der Waals surface area contributed by atoms with Gasteiger partial charge in [0.15, 0.2) is 5.69 Å². The Morgan fingerprint density at radius 1 is 0.935 bits per heavy atom. The summed E-state index contributed by atoms with van der Waals surface area (Å²) >= 11 is 0. The van der Waals surface area contributed by atoms with Crippen LogP contribution in [-0.4, -0.2) is 26.1 Å². The van der Waals surface area contributed by atoms with Crippen LogP contribution < -0.4 is 11.5 Å². The number of imidazole rings is 1. The van der Waals surface area contributed by atoms with Crippen LogP contribution in [0.1, 0.15) is 21.9 Å². The van der Waals surface area contributed by atoms with Crippen molar-refractivity contribution in [3.05, 3.63) is 83.8 Å². The fourth-order valence-electron chi connectivity index (χ4n) is 3.82. The van der Waals surface area contributed by atoms with Crippen molar-refractivity contribution in [3.63, 3.8) is 0 Å². The van der Waals surface area contributed by atoms with Crippen LogP contribution in [0.15, 0.2) is 66.7 Å². The smallest absolute Gasteiger partial charge is 0.271 e. The molecule has 7 nitrogen and oxygen atoms in total. The van der Waals surface area contributed by atoms with Crippen molar-refractivity contribution in [1.29, 1.82) is 0 Å². The van der Waals surface area contributed by atoms with Crippen molar-refractivity contribution in [3.8, 4) is 11.1 Å². The molecule has 5 N–H and O–H groups in total. The number of amides is 1. The lowest BCUT2D eigenvalue weighted by molar-refractivity contribution is 0.0996. The van der Waals surface area contributed by atoms with Gasteiger partial charge in [0.1, 0.15) is 11.3 Å². The van der Waals surface area contributed by atoms with E-state index in [0.717, 1.165) is 40.8 Å². The number of rotatable bonds is 5. The van der Waals surface area contributed by atoms with E-state index in [-0.39, 0.29) is 11.4 Å². The molecule has 0 bridgehead atoms. The van der Waals surface area contributed by atoms with Gasteiger partial charge in [0.05, 0.1) is 16.7 Å². The van der Waals surface area contributed by atoms with Gasteiger partial charge < -0.3 is 16.5 Å². The van der Waals surface area contributed by atoms with Gasteiger partial charge in [-0.15, -0.1) is 10.2 Å². The third kappa shape index (κ3) is 3.46. The molecule has 0 aliphatic carbocycles. The number of aromatic nitrogens is 4. The van der Waals surface area contributed by atoms with Crippen LogP contribution in [0, 0.1) is 0 Å². The highest BCUT2D eigenvalue weighted by Gasteiger charge is 2.15. The molecule has 31 heavy (non-hydrogen) atoms. The summed E-state index contributed by atoms with van der Waals surface area (Å²) in [6, 6.07) is 22.0. The Labute approximate surface area is 178 Å². The first kappa shape index (κ1) is 18.7. The highest BCUT2D eigenvalue weighted by molar-refractivity contribution is 6.07. The van der Waals surface area contributed by atoms with Crippen molar-refractivity contribution in [2.75, 3.05) is 5.73 Å². The molecule has 0 atom stereocenters. The zero-order valence-corrected chi connectivity index (χ0v) is 16.7. The molecule has 2 aromatic heterocycles. The Morgan fingerprint density at radius 3 is 2.58 bits per heavy atom. The second-order valence-corrected chi connectivity index (χ2v) is 7.43. The van der Waals surface area contributed by atoms with Gasteiger partial charge in [-0.3, -0.25) is 4.79 Å². The van der Waals surface area contributed by atoms with Gasteiger partial charge in [-0.05, 0) is 29.7 Å². The minimum atomic E-state index is -0.695. The minimum absolute atomic E-state index is 0.0169. The lowest BCUT2D eigenvalue weighted by Crippen LogP contribution is -2.16. The van der Waals surface area contributed by atoms with Crippen LogP contribution >= 0.6 is 0 Å². The summed E-state index contributed by atoms with van der Waals surface area (Å²) in [7, 11) is 0. The van der Waals surface area contributed by atoms with E-state index in [1.165, 1.54) is 5.56 Å². The molecular weight excluding hydrogens is 388 g/mol. The molecule has 5 rings (SSSR count). The maximum Gasteiger partial charge on any atom is 0.271 e. The molecule has 1 amide bonds. The molecule has 0 aliphatic rings. The third-order valence-corrected chi connectivity index (χ3v) is 5.40. The standard InChI is InChI=1S/C24H20N6O/c25-21-17-8-4-7-16(22(17)29-30-23(21)24(26)31)15-10-11-18-19(13-15)28-20(27-18)12-9-14-5-2-1-3-6-14/h1-8,10-11,13H,9,12H2,(H2,25,29)(H2,26,31)(H,27,28). The highest BCUT2D eigenvalue weighted by Crippen LogP contribution is 2.32. The summed E-state index contributed by atoms with van der Waals surface area (Å²) in [6.07, 6.45) is 1.76. The highest BCUT2D eigenvalue weighted by atomic mass is 16.1. The molecule has 5 aromatic rings. The Kier molecular flexibility index (Phi) is 4.55. The predicted molar refractivity (Wildman–Crippen MR) is 121 cm³/mol. The molecule has 2 heterocycles. The van der Waals surface area contributed by atoms with Crippen LogP contribution in [0.3, 0.4) is 0 Å². The lowest BCUT2D eigenvalue weighted by atomic mass is 10.0. The number of nitrogens with one attached hydrogen (secondary N) is 1. The van der Waals surface area contributed by atoms with E-state index in [4.69, 9.17) is 16.5 Å². The zero-order chi connectivity index (χ0) is 21.4. The Morgan fingerprint density at radius 2 is 1.77 bits per heavy atom. The molecule has 0 fully saturated rings. The fourth-order valence-corrected chi connectivity index (χ4v) is 3.82. The van der Waals surface area contributed by atoms with Gasteiger partial charge in [0.2, 0.25) is 0 Å². The molecule has 152 valence electrons. The van der Waals surface area contributed by atoms with Crippen molar-refractivity contribution >= 4 is 33.5 Å². The second kappa shape index (κ2) is 7.53. The van der Waals surface area contributed by atoms with Crippen LogP contribution in [-0.2, 0) is 12.8 Å². The maximum atomic E-state index is 11.5. The number of anilines is 1. The first-order valence-electron chi connectivity index (χ1n) is 9.98. The van der Waals surface area contributed by atoms with Crippen LogP contribution in [0.4, 0.5) is 5.69 Å². The van der Waals surface area contributed by atoms with Gasteiger partial charge in [-0.1, -0.05) is 54.6 Å². The van der Waals surface area contributed by atoms with E-state index in [0.29, 0.717) is 10.9 Å². The van der Waals surface area contributed by atoms with Gasteiger partial charge in [-0.25, -0.2) is 4.98 Å². The van der Waals surface area contributed by atoms with E-state index in [1.807, 2.05) is 54.6 Å². The summed E-state index contributed by atoms with van der Waals surface area (Å²) < 4.78 is 0. The van der Waals surface area contributed by atoms with E-state index >= 15 is 0 Å². The summed E-state index contributed by atoms with van der Waals surface area (Å²) in [6.45, 7) is 0. The Bertz CT molecular complexity index is 1420. The number of nitrogen functional groups attached to an aromatic ring is 1. The molecule has 3 aromatic carbocycles. The topological polar surface area (TPSA) is 124 Å². The quantitative estimate of drug-likeness (QED) is 0.410. The third-order valence-electron chi connectivity index (χ3n) is 5.40. The monoisotopic (exact) mass is 408 g/mol. The number of aryl methyl sites for hydroxylation is 2. The number of hydrogen-bond donors (Lipinski definition) is 3. The number of fused-ring (bicyclic) bond motifs is 2. The van der Waals surface area contributed by atoms with Crippen LogP contribution in [0.2, 0.25) is 0 Å². The largest absolute Gasteiger partial charge is 0.396 e. The van der Waals surface area contributed by atoms with Gasteiger partial charge >= 0.3 is 0 Å². The summed E-state index contributed by atoms with van der Waals surface area (Å²) in [5.74, 6) is 0.253. The number of nitrogens with two attached hydrogens (primary N) is 2. The SMILES string of the molecule is NC(=O)c1nnc2c(-c3ccc4nc(CCc5ccccc5)[nH]c4c3)cccc2c1N. The fraction of sp³-hybridized carbons (Fsp3) is 0.0833. The molecule has 0 spiro atoms. The number of carbonyl (C=O) groups is 1. The van der Waals surface area contributed by atoms with Crippen molar-refractivity contribution in [2.45, 2.75) is 12.8 Å². The summed E-state index contributed by atoms with van der Waals surface area (Å²) in [5, 5.41) is 8.82. The number of primary amides is 1. The number of benzene rings is 3. The second-order valence-electron chi connectivity index (χ2n) is 7.43. The Balaban J connectivity index is 1.51. The Hall–Kier alpha value is -4.26. The van der Waals surface area contributed by atoms with Crippen LogP contribution in [0.5, 0.6) is 0 Å². The number of carbonyl (C=O) groups excluding carboxylic acids is 1. The van der Waals surface area contributed by atoms with Gasteiger partial charge in [0.25, 0.3) is 5.91 Å². The zero-order valence-electron chi connectivity index (χ0n) is 16.7. The number of H-pyrrole nitrogens is 1. The minimum Gasteiger partial charge on any atom is -0.396 e. The predicted octanol–water partition coefficient (Wildman–Crippen LogP) is 3.64. The normalized spacial score (nSPS) is 11.2. The molecule has 0 saturated heterocycles. The first-order valence-corrected chi connectivity index (χ1v) is 9.98. The number of aromatic amines is 1. The van der Waals surface area contributed by atoms with Crippen molar-refractivity contribution in [1.82, 2.24) is 20.2 Å². The summed E-state index contributed by atoms with van der Waals surface area (Å²) in [5.41, 5.74) is 17.3. The van der Waals surface area contributed by atoms with Crippen LogP contribution in [0.25, 0.3) is 33.1 Å². The first-order chi connectivity index (χ1) is 15.1. The lowest BCUT2D eigenvalue weighted by Gasteiger charge is -2.09. The molecule has 0 saturated carbocycles. The van der Waals surface area contributed by atoms with Gasteiger partial charge in [0, 0.05) is 17.4 Å². The molecule has 0 radical (unpaired) electrons. The van der Waals surface area contributed by atoms with E-state index in [1.54, 1.807) is 0 Å². The average Bonchev–Trinajstić information content (AvgIpc) is 3.20.